The van der Waals surface area contributed by atoms with E-state index in [4.69, 9.17) is 0 Å². The Morgan fingerprint density at radius 2 is 2.25 bits per heavy atom. The Labute approximate surface area is 96.3 Å². The lowest BCUT2D eigenvalue weighted by Crippen LogP contribution is -2.35. The molecule has 1 heterocycles. The molecule has 0 bridgehead atoms. The molecule has 1 rings (SSSR count). The summed E-state index contributed by atoms with van der Waals surface area (Å²) in [5, 5.41) is 3.07. The maximum absolute atomic E-state index is 12.0. The summed E-state index contributed by atoms with van der Waals surface area (Å²) >= 11 is 1.52. The van der Waals surface area contributed by atoms with E-state index in [0.717, 1.165) is 4.88 Å². The third-order valence-corrected chi connectivity index (χ3v) is 2.68. The second-order valence-corrected chi connectivity index (χ2v) is 4.47. The van der Waals surface area contributed by atoms with Crippen LogP contribution in [0.25, 0.3) is 0 Å². The SMILES string of the molecule is CN(CCNCc1cncs1)CC(F)(F)F. The molecule has 0 aromatic carbocycles. The quantitative estimate of drug-likeness (QED) is 0.783. The molecule has 0 radical (unpaired) electrons. The Morgan fingerprint density at radius 3 is 2.81 bits per heavy atom. The summed E-state index contributed by atoms with van der Waals surface area (Å²) in [7, 11) is 1.46. The summed E-state index contributed by atoms with van der Waals surface area (Å²) < 4.78 is 35.9. The van der Waals surface area contributed by atoms with Crippen LogP contribution in [-0.4, -0.2) is 42.7 Å². The molecule has 92 valence electrons. The minimum absolute atomic E-state index is 0.373. The Bertz CT molecular complexity index is 287. The smallest absolute Gasteiger partial charge is 0.311 e. The molecule has 0 fully saturated rings. The van der Waals surface area contributed by atoms with Crippen LogP contribution in [0.4, 0.5) is 13.2 Å². The van der Waals surface area contributed by atoms with Crippen molar-refractivity contribution in [1.82, 2.24) is 15.2 Å². The van der Waals surface area contributed by atoms with Gasteiger partial charge in [0.05, 0.1) is 12.1 Å². The normalized spacial score (nSPS) is 12.3. The lowest BCUT2D eigenvalue weighted by atomic mass is 10.4. The minimum atomic E-state index is -4.12. The van der Waals surface area contributed by atoms with Gasteiger partial charge in [0.2, 0.25) is 0 Å². The second-order valence-electron chi connectivity index (χ2n) is 3.50. The van der Waals surface area contributed by atoms with Gasteiger partial charge in [-0.1, -0.05) is 0 Å². The van der Waals surface area contributed by atoms with Crippen molar-refractivity contribution in [3.8, 4) is 0 Å². The first kappa shape index (κ1) is 13.4. The number of aromatic nitrogens is 1. The van der Waals surface area contributed by atoms with Gasteiger partial charge in [0, 0.05) is 30.7 Å². The number of nitrogens with one attached hydrogen (secondary N) is 1. The molecular formula is C9H14F3N3S. The van der Waals surface area contributed by atoms with Crippen molar-refractivity contribution in [3.63, 3.8) is 0 Å². The van der Waals surface area contributed by atoms with Crippen LogP contribution in [0, 0.1) is 0 Å². The van der Waals surface area contributed by atoms with Gasteiger partial charge in [-0.3, -0.25) is 9.88 Å². The Balaban J connectivity index is 2.07. The maximum atomic E-state index is 12.0. The highest BCUT2D eigenvalue weighted by molar-refractivity contribution is 7.09. The van der Waals surface area contributed by atoms with Crippen molar-refractivity contribution in [1.29, 1.82) is 0 Å². The average molecular weight is 253 g/mol. The summed E-state index contributed by atoms with van der Waals surface area (Å²) in [6, 6.07) is 0. The van der Waals surface area contributed by atoms with Crippen LogP contribution in [0.5, 0.6) is 0 Å². The van der Waals surface area contributed by atoms with Crippen molar-refractivity contribution in [3.05, 3.63) is 16.6 Å². The van der Waals surface area contributed by atoms with E-state index in [1.54, 1.807) is 11.7 Å². The van der Waals surface area contributed by atoms with E-state index >= 15 is 0 Å². The van der Waals surface area contributed by atoms with E-state index in [-0.39, 0.29) is 0 Å². The summed E-state index contributed by atoms with van der Waals surface area (Å²) in [6.45, 7) is 0.697. The second kappa shape index (κ2) is 6.17. The number of nitrogens with zero attached hydrogens (tertiary/aromatic N) is 2. The molecule has 7 heteroatoms. The zero-order valence-electron chi connectivity index (χ0n) is 8.92. The highest BCUT2D eigenvalue weighted by Gasteiger charge is 2.28. The van der Waals surface area contributed by atoms with E-state index in [0.29, 0.717) is 19.6 Å². The third kappa shape index (κ3) is 6.04. The molecule has 0 unspecified atom stereocenters. The molecule has 0 amide bonds. The zero-order valence-corrected chi connectivity index (χ0v) is 9.74. The molecule has 1 N–H and O–H groups in total. The highest BCUT2D eigenvalue weighted by atomic mass is 32.1. The molecule has 1 aromatic heterocycles. The lowest BCUT2D eigenvalue weighted by Gasteiger charge is -2.18. The topological polar surface area (TPSA) is 28.2 Å². The highest BCUT2D eigenvalue weighted by Crippen LogP contribution is 2.15. The van der Waals surface area contributed by atoms with Crippen LogP contribution in [0.3, 0.4) is 0 Å². The van der Waals surface area contributed by atoms with E-state index in [2.05, 4.69) is 10.3 Å². The Morgan fingerprint density at radius 1 is 1.50 bits per heavy atom. The predicted molar refractivity (Wildman–Crippen MR) is 57.4 cm³/mol. The Kier molecular flexibility index (Phi) is 5.17. The maximum Gasteiger partial charge on any atom is 0.401 e. The molecule has 0 aliphatic heterocycles. The fourth-order valence-electron chi connectivity index (χ4n) is 1.20. The predicted octanol–water partition coefficient (Wildman–Crippen LogP) is 1.73. The van der Waals surface area contributed by atoms with Crippen LogP contribution in [0.1, 0.15) is 4.88 Å². The first-order chi connectivity index (χ1) is 7.47. The number of hydrogen-bond donors (Lipinski definition) is 1. The minimum Gasteiger partial charge on any atom is -0.311 e. The van der Waals surface area contributed by atoms with Crippen molar-refractivity contribution >= 4 is 11.3 Å². The summed E-state index contributed by atoms with van der Waals surface area (Å²) in [4.78, 5) is 6.24. The molecule has 0 saturated heterocycles. The number of alkyl halides is 3. The van der Waals surface area contributed by atoms with Gasteiger partial charge in [0.15, 0.2) is 0 Å². The van der Waals surface area contributed by atoms with E-state index < -0.39 is 12.7 Å². The molecule has 0 atom stereocenters. The van der Waals surface area contributed by atoms with Crippen molar-refractivity contribution < 1.29 is 13.2 Å². The monoisotopic (exact) mass is 253 g/mol. The number of rotatable bonds is 6. The van der Waals surface area contributed by atoms with Crippen LogP contribution < -0.4 is 5.32 Å². The van der Waals surface area contributed by atoms with Crippen LogP contribution in [0.15, 0.2) is 11.7 Å². The fraction of sp³-hybridized carbons (Fsp3) is 0.667. The van der Waals surface area contributed by atoms with Gasteiger partial charge in [-0.15, -0.1) is 11.3 Å². The van der Waals surface area contributed by atoms with Gasteiger partial charge < -0.3 is 5.32 Å². The largest absolute Gasteiger partial charge is 0.401 e. The van der Waals surface area contributed by atoms with Crippen molar-refractivity contribution in [2.24, 2.45) is 0 Å². The molecule has 3 nitrogen and oxygen atoms in total. The van der Waals surface area contributed by atoms with Gasteiger partial charge in [-0.25, -0.2) is 0 Å². The molecular weight excluding hydrogens is 239 g/mol. The molecule has 0 aliphatic carbocycles. The van der Waals surface area contributed by atoms with Gasteiger partial charge >= 0.3 is 6.18 Å². The first-order valence-corrected chi connectivity index (χ1v) is 5.69. The summed E-state index contributed by atoms with van der Waals surface area (Å²) in [5.41, 5.74) is 1.73. The van der Waals surface area contributed by atoms with E-state index in [1.165, 1.54) is 23.3 Å². The first-order valence-electron chi connectivity index (χ1n) is 4.81. The van der Waals surface area contributed by atoms with Gasteiger partial charge in [0.1, 0.15) is 0 Å². The summed E-state index contributed by atoms with van der Waals surface area (Å²) in [6.07, 6.45) is -2.37. The van der Waals surface area contributed by atoms with Crippen LogP contribution in [0.2, 0.25) is 0 Å². The molecule has 0 saturated carbocycles. The third-order valence-electron chi connectivity index (χ3n) is 1.90. The number of thiazole rings is 1. The summed E-state index contributed by atoms with van der Waals surface area (Å²) in [5.74, 6) is 0. The molecule has 0 aliphatic rings. The molecule has 16 heavy (non-hydrogen) atoms. The van der Waals surface area contributed by atoms with Gasteiger partial charge in [-0.05, 0) is 7.05 Å². The van der Waals surface area contributed by atoms with Gasteiger partial charge in [-0.2, -0.15) is 13.2 Å². The zero-order chi connectivity index (χ0) is 12.0. The number of likely N-dealkylation sites (N-methyl/N-ethyl adjacent to an activating group) is 1. The number of hydrogen-bond acceptors (Lipinski definition) is 4. The Hall–Kier alpha value is -0.660. The van der Waals surface area contributed by atoms with Crippen LogP contribution >= 0.6 is 11.3 Å². The van der Waals surface area contributed by atoms with E-state index in [1.807, 2.05) is 0 Å². The van der Waals surface area contributed by atoms with Crippen molar-refractivity contribution in [2.75, 3.05) is 26.7 Å². The molecule has 1 aromatic rings. The lowest BCUT2D eigenvalue weighted by molar-refractivity contribution is -0.142. The van der Waals surface area contributed by atoms with Gasteiger partial charge in [0.25, 0.3) is 0 Å². The van der Waals surface area contributed by atoms with Crippen molar-refractivity contribution in [2.45, 2.75) is 12.7 Å². The molecule has 0 spiro atoms. The standard InChI is InChI=1S/C9H14F3N3S/c1-15(6-9(10,11)12)3-2-13-4-8-5-14-7-16-8/h5,7,13H,2-4,6H2,1H3. The van der Waals surface area contributed by atoms with E-state index in [9.17, 15) is 13.2 Å². The van der Waals surface area contributed by atoms with Crippen LogP contribution in [-0.2, 0) is 6.54 Å². The number of halogens is 3. The average Bonchev–Trinajstić information content (AvgIpc) is 2.62. The fourth-order valence-corrected chi connectivity index (χ4v) is 1.76.